The van der Waals surface area contributed by atoms with Crippen LogP contribution in [-0.4, -0.2) is 56.4 Å². The van der Waals surface area contributed by atoms with Crippen LogP contribution in [0.2, 0.25) is 0 Å². The van der Waals surface area contributed by atoms with Crippen molar-refractivity contribution in [1.82, 2.24) is 4.90 Å². The summed E-state index contributed by atoms with van der Waals surface area (Å²) in [6.45, 7) is 4.60. The summed E-state index contributed by atoms with van der Waals surface area (Å²) in [6, 6.07) is 2.59. The monoisotopic (exact) mass is 386 g/mol. The second-order valence-corrected chi connectivity index (χ2v) is 5.93. The summed E-state index contributed by atoms with van der Waals surface area (Å²) in [6.07, 6.45) is -3.40. The van der Waals surface area contributed by atoms with Crippen molar-refractivity contribution in [2.45, 2.75) is 32.5 Å². The van der Waals surface area contributed by atoms with Gasteiger partial charge in [-0.15, -0.1) is 5.92 Å². The van der Waals surface area contributed by atoms with E-state index in [9.17, 15) is 18.3 Å². The van der Waals surface area contributed by atoms with Crippen molar-refractivity contribution in [3.63, 3.8) is 0 Å². The highest BCUT2D eigenvalue weighted by atomic mass is 19.4. The van der Waals surface area contributed by atoms with E-state index in [2.05, 4.69) is 16.8 Å². The van der Waals surface area contributed by atoms with Gasteiger partial charge in [-0.1, -0.05) is 5.92 Å². The number of hydrogen-bond donors (Lipinski definition) is 1. The van der Waals surface area contributed by atoms with Crippen molar-refractivity contribution in [2.24, 2.45) is 4.99 Å². The Kier molecular flexibility index (Phi) is 8.13. The first kappa shape index (κ1) is 22.8. The maximum atomic E-state index is 13.7. The average molecular weight is 386 g/mol. The summed E-state index contributed by atoms with van der Waals surface area (Å²) < 4.78 is 51.1. The highest BCUT2D eigenvalue weighted by molar-refractivity contribution is 5.65. The number of ether oxygens (including phenoxy) is 2. The van der Waals surface area contributed by atoms with E-state index in [1.807, 2.05) is 18.9 Å². The zero-order chi connectivity index (χ0) is 20.7. The van der Waals surface area contributed by atoms with Gasteiger partial charge in [-0.05, 0) is 32.4 Å². The molecule has 1 rings (SSSR count). The maximum Gasteiger partial charge on any atom is 0.423 e. The minimum Gasteiger partial charge on any atom is -0.496 e. The van der Waals surface area contributed by atoms with Crippen LogP contribution in [0.4, 0.5) is 18.9 Å². The summed E-state index contributed by atoms with van der Waals surface area (Å²) in [5.74, 6) is 4.89. The van der Waals surface area contributed by atoms with Gasteiger partial charge in [0.05, 0.1) is 25.7 Å². The Morgan fingerprint density at radius 1 is 1.33 bits per heavy atom. The molecule has 1 N–H and O–H groups in total. The lowest BCUT2D eigenvalue weighted by Gasteiger charge is -2.32. The molecule has 0 heterocycles. The second-order valence-electron chi connectivity index (χ2n) is 5.93. The van der Waals surface area contributed by atoms with Crippen LogP contribution in [0.3, 0.4) is 0 Å². The van der Waals surface area contributed by atoms with Crippen LogP contribution >= 0.6 is 0 Å². The molecule has 1 unspecified atom stereocenters. The van der Waals surface area contributed by atoms with Gasteiger partial charge in [-0.25, -0.2) is 4.99 Å². The molecule has 0 amide bonds. The Morgan fingerprint density at radius 2 is 2.00 bits per heavy atom. The Hall–Kier alpha value is -2.24. The number of benzene rings is 1. The van der Waals surface area contributed by atoms with Crippen LogP contribution in [-0.2, 0) is 10.3 Å². The van der Waals surface area contributed by atoms with Gasteiger partial charge in [0.1, 0.15) is 12.4 Å². The third kappa shape index (κ3) is 5.62. The van der Waals surface area contributed by atoms with Crippen LogP contribution < -0.4 is 4.74 Å². The average Bonchev–Trinajstić information content (AvgIpc) is 2.62. The Morgan fingerprint density at radius 3 is 2.52 bits per heavy atom. The molecule has 0 aliphatic rings. The molecule has 0 saturated heterocycles. The normalized spacial score (nSPS) is 13.8. The SMILES string of the molecule is CC#CCOCC(O)(c1cc(C)c(N=CN(C)CC)cc1OC)C(F)(F)F. The highest BCUT2D eigenvalue weighted by Crippen LogP contribution is 2.44. The number of methoxy groups -OCH3 is 1. The molecule has 27 heavy (non-hydrogen) atoms. The minimum atomic E-state index is -4.97. The molecule has 150 valence electrons. The molecule has 1 aromatic rings. The van der Waals surface area contributed by atoms with E-state index in [1.165, 1.54) is 19.2 Å². The van der Waals surface area contributed by atoms with E-state index in [-0.39, 0.29) is 12.4 Å². The molecule has 1 aromatic carbocycles. The molecule has 0 aliphatic carbocycles. The molecule has 0 spiro atoms. The van der Waals surface area contributed by atoms with E-state index in [1.54, 1.807) is 20.2 Å². The standard InChI is InChI=1S/C19H25F3N2O3/c1-6-8-9-27-12-18(25,19(20,21)22)15-10-14(3)16(11-17(15)26-5)23-13-24(4)7-2/h10-11,13,25H,7,9,12H2,1-5H3. The maximum absolute atomic E-state index is 13.7. The molecule has 5 nitrogen and oxygen atoms in total. The molecular formula is C19H25F3N2O3. The van der Waals surface area contributed by atoms with Gasteiger partial charge in [0.2, 0.25) is 5.60 Å². The number of aliphatic hydroxyl groups is 1. The molecule has 0 saturated carbocycles. The topological polar surface area (TPSA) is 54.3 Å². The summed E-state index contributed by atoms with van der Waals surface area (Å²) >= 11 is 0. The fourth-order valence-electron chi connectivity index (χ4n) is 2.19. The largest absolute Gasteiger partial charge is 0.496 e. The van der Waals surface area contributed by atoms with Crippen molar-refractivity contribution < 1.29 is 27.8 Å². The van der Waals surface area contributed by atoms with Crippen LogP contribution in [0.1, 0.15) is 25.0 Å². The summed E-state index contributed by atoms with van der Waals surface area (Å²) in [5.41, 5.74) is -2.76. The van der Waals surface area contributed by atoms with Crippen molar-refractivity contribution in [3.05, 3.63) is 23.3 Å². The fourth-order valence-corrected chi connectivity index (χ4v) is 2.19. The van der Waals surface area contributed by atoms with Gasteiger partial charge in [0.25, 0.3) is 0 Å². The van der Waals surface area contributed by atoms with Gasteiger partial charge in [0, 0.05) is 25.2 Å². The van der Waals surface area contributed by atoms with Gasteiger partial charge in [-0.3, -0.25) is 0 Å². The molecule has 8 heteroatoms. The van der Waals surface area contributed by atoms with Gasteiger partial charge in [0.15, 0.2) is 0 Å². The lowest BCUT2D eigenvalue weighted by Crippen LogP contribution is -2.46. The molecule has 0 bridgehead atoms. The molecule has 1 atom stereocenters. The fraction of sp³-hybridized carbons (Fsp3) is 0.526. The van der Waals surface area contributed by atoms with E-state index in [4.69, 9.17) is 9.47 Å². The molecule has 0 radical (unpaired) electrons. The zero-order valence-corrected chi connectivity index (χ0v) is 16.1. The number of nitrogens with zero attached hydrogens (tertiary/aromatic N) is 2. The van der Waals surface area contributed by atoms with E-state index in [0.29, 0.717) is 11.3 Å². The van der Waals surface area contributed by atoms with Gasteiger partial charge >= 0.3 is 6.18 Å². The van der Waals surface area contributed by atoms with Crippen molar-refractivity contribution in [1.29, 1.82) is 0 Å². The van der Waals surface area contributed by atoms with Crippen LogP contribution in [0, 0.1) is 18.8 Å². The number of hydrogen-bond acceptors (Lipinski definition) is 4. The summed E-state index contributed by atoms with van der Waals surface area (Å²) in [7, 11) is 3.06. The highest BCUT2D eigenvalue weighted by Gasteiger charge is 2.56. The Balaban J connectivity index is 3.38. The molecule has 0 fully saturated rings. The number of aliphatic imine (C=N–C) groups is 1. The van der Waals surface area contributed by atoms with Crippen LogP contribution in [0.15, 0.2) is 17.1 Å². The predicted octanol–water partition coefficient (Wildman–Crippen LogP) is 3.40. The molecular weight excluding hydrogens is 361 g/mol. The van der Waals surface area contributed by atoms with E-state index in [0.717, 1.165) is 6.54 Å². The lowest BCUT2D eigenvalue weighted by molar-refractivity contribution is -0.281. The zero-order valence-electron chi connectivity index (χ0n) is 16.1. The first-order chi connectivity index (χ1) is 12.6. The number of rotatable bonds is 8. The third-order valence-electron chi connectivity index (χ3n) is 3.99. The second kappa shape index (κ2) is 9.62. The first-order valence-electron chi connectivity index (χ1n) is 8.30. The molecule has 0 aliphatic heterocycles. The predicted molar refractivity (Wildman–Crippen MR) is 98.4 cm³/mol. The third-order valence-corrected chi connectivity index (χ3v) is 3.99. The van der Waals surface area contributed by atoms with Gasteiger partial charge in [-0.2, -0.15) is 13.2 Å². The van der Waals surface area contributed by atoms with Crippen molar-refractivity contribution >= 4 is 12.0 Å². The first-order valence-corrected chi connectivity index (χ1v) is 8.30. The van der Waals surface area contributed by atoms with Crippen LogP contribution in [0.5, 0.6) is 5.75 Å². The smallest absolute Gasteiger partial charge is 0.423 e. The van der Waals surface area contributed by atoms with Crippen molar-refractivity contribution in [3.8, 4) is 17.6 Å². The lowest BCUT2D eigenvalue weighted by atomic mass is 9.91. The number of aryl methyl sites for hydroxylation is 1. The Labute approximate surface area is 157 Å². The summed E-state index contributed by atoms with van der Waals surface area (Å²) in [5, 5.41) is 10.5. The van der Waals surface area contributed by atoms with E-state index >= 15 is 0 Å². The minimum absolute atomic E-state index is 0.128. The number of alkyl halides is 3. The quantitative estimate of drug-likeness (QED) is 0.322. The Bertz CT molecular complexity index is 723. The van der Waals surface area contributed by atoms with Gasteiger partial charge < -0.3 is 19.5 Å². The molecule has 0 aromatic heterocycles. The summed E-state index contributed by atoms with van der Waals surface area (Å²) in [4.78, 5) is 6.08. The van der Waals surface area contributed by atoms with E-state index < -0.39 is 23.9 Å². The van der Waals surface area contributed by atoms with Crippen molar-refractivity contribution in [2.75, 3.05) is 33.9 Å². The number of halogens is 3. The van der Waals surface area contributed by atoms with Crippen LogP contribution in [0.25, 0.3) is 0 Å².